The van der Waals surface area contributed by atoms with E-state index in [0.29, 0.717) is 6.42 Å². The molecule has 2 bridgehead atoms. The van der Waals surface area contributed by atoms with Crippen LogP contribution in [-0.4, -0.2) is 57.8 Å². The fourth-order valence-electron chi connectivity index (χ4n) is 4.42. The summed E-state index contributed by atoms with van der Waals surface area (Å²) in [5.41, 5.74) is -0.535. The number of hydrogen-bond donors (Lipinski definition) is 3. The van der Waals surface area contributed by atoms with Gasteiger partial charge in [-0.3, -0.25) is 9.69 Å². The van der Waals surface area contributed by atoms with Crippen molar-refractivity contribution in [3.05, 3.63) is 29.6 Å². The van der Waals surface area contributed by atoms with Crippen LogP contribution in [0.2, 0.25) is 0 Å². The van der Waals surface area contributed by atoms with Gasteiger partial charge in [0.1, 0.15) is 23.5 Å². The van der Waals surface area contributed by atoms with E-state index in [2.05, 4.69) is 5.32 Å². The number of nitrogens with one attached hydrogen (secondary N) is 1. The Hall–Kier alpha value is -2.64. The Morgan fingerprint density at radius 3 is 2.71 bits per heavy atom. The van der Waals surface area contributed by atoms with Gasteiger partial charge in [0.15, 0.2) is 0 Å². The van der Waals surface area contributed by atoms with Crippen LogP contribution in [0.5, 0.6) is 0 Å². The number of carbonyl (C=O) groups is 2. The van der Waals surface area contributed by atoms with Crippen molar-refractivity contribution in [3.8, 4) is 6.07 Å². The number of rotatable bonds is 5. The molecule has 0 aromatic heterocycles. The van der Waals surface area contributed by atoms with E-state index >= 15 is 0 Å². The first kappa shape index (κ1) is 23.0. The predicted molar refractivity (Wildman–Crippen MR) is 110 cm³/mol. The van der Waals surface area contributed by atoms with Gasteiger partial charge in [-0.1, -0.05) is 12.1 Å². The molecule has 1 aromatic carbocycles. The van der Waals surface area contributed by atoms with E-state index in [-0.39, 0.29) is 29.4 Å². The van der Waals surface area contributed by atoms with Crippen molar-refractivity contribution in [1.29, 1.82) is 5.26 Å². The number of hydrogen-bond acceptors (Lipinski definition) is 6. The molecule has 1 aromatic rings. The Balaban J connectivity index is 1.73. The zero-order valence-corrected chi connectivity index (χ0v) is 17.8. The highest BCUT2D eigenvalue weighted by atomic mass is 19.1. The van der Waals surface area contributed by atoms with Crippen LogP contribution in [-0.2, 0) is 16.0 Å². The van der Waals surface area contributed by atoms with Gasteiger partial charge in [-0.15, -0.1) is 0 Å². The summed E-state index contributed by atoms with van der Waals surface area (Å²) in [6, 6.07) is 3.66. The predicted octanol–water partition coefficient (Wildman–Crippen LogP) is 0.844. The van der Waals surface area contributed by atoms with E-state index in [1.807, 2.05) is 6.07 Å². The van der Waals surface area contributed by atoms with Gasteiger partial charge in [-0.25, -0.2) is 9.18 Å². The fourth-order valence-corrected chi connectivity index (χ4v) is 4.42. The van der Waals surface area contributed by atoms with Crippen molar-refractivity contribution >= 4 is 24.6 Å². The molecule has 0 spiro atoms. The van der Waals surface area contributed by atoms with Gasteiger partial charge in [0.2, 0.25) is 5.91 Å². The number of amides is 2. The normalized spacial score (nSPS) is 23.3. The Morgan fingerprint density at radius 1 is 1.39 bits per heavy atom. The average molecular weight is 431 g/mol. The standard InChI is InChI=1S/C21H27BFN3O5/c1-21(2,3)31-20(28)26-16-6-4-12(10-16)18(26)19(27)25-15(11-24)9-13-8-14(22(29)30)5-7-17(13)23/h5,7-8,12,15-16,18,29-30H,4,6,9-10H2,1-3H3,(H,25,27)/t12-,15-,16+,18?/m0/s1. The van der Waals surface area contributed by atoms with Gasteiger partial charge in [0.05, 0.1) is 6.07 Å². The minimum absolute atomic E-state index is 0.0125. The molecule has 2 fully saturated rings. The SMILES string of the molecule is CC(C)(C)OC(=O)N1C(C(=O)N[C@H](C#N)Cc2cc(B(O)O)ccc2F)[C@H]2CC[C@@H]1C2. The maximum atomic E-state index is 14.2. The Kier molecular flexibility index (Phi) is 6.58. The molecule has 31 heavy (non-hydrogen) atoms. The number of likely N-dealkylation sites (tertiary alicyclic amines) is 1. The van der Waals surface area contributed by atoms with Crippen molar-refractivity contribution in [2.45, 2.75) is 70.2 Å². The van der Waals surface area contributed by atoms with Gasteiger partial charge < -0.3 is 20.1 Å². The van der Waals surface area contributed by atoms with Crippen LogP contribution in [0.4, 0.5) is 9.18 Å². The Morgan fingerprint density at radius 2 is 2.10 bits per heavy atom. The smallest absolute Gasteiger partial charge is 0.444 e. The fraction of sp³-hybridized carbons (Fsp3) is 0.571. The van der Waals surface area contributed by atoms with Crippen LogP contribution in [0.25, 0.3) is 0 Å². The molecule has 0 radical (unpaired) electrons. The number of fused-ring (bicyclic) bond motifs is 2. The quantitative estimate of drug-likeness (QED) is 0.594. The van der Waals surface area contributed by atoms with E-state index in [0.717, 1.165) is 18.9 Å². The molecule has 1 aliphatic heterocycles. The lowest BCUT2D eigenvalue weighted by Crippen LogP contribution is -2.55. The van der Waals surface area contributed by atoms with E-state index in [1.54, 1.807) is 20.8 Å². The van der Waals surface area contributed by atoms with Crippen LogP contribution in [0.15, 0.2) is 18.2 Å². The zero-order chi connectivity index (χ0) is 22.9. The molecular weight excluding hydrogens is 404 g/mol. The number of nitriles is 1. The molecule has 10 heteroatoms. The summed E-state index contributed by atoms with van der Waals surface area (Å²) in [5, 5.41) is 30.7. The highest BCUT2D eigenvalue weighted by Gasteiger charge is 2.52. The molecule has 1 aliphatic carbocycles. The van der Waals surface area contributed by atoms with Crippen molar-refractivity contribution in [1.82, 2.24) is 10.2 Å². The van der Waals surface area contributed by atoms with Crippen LogP contribution < -0.4 is 10.8 Å². The maximum absolute atomic E-state index is 14.2. The number of benzene rings is 1. The number of carbonyl (C=O) groups excluding carboxylic acids is 2. The molecule has 1 unspecified atom stereocenters. The Labute approximate surface area is 181 Å². The number of halogens is 1. The molecule has 1 saturated heterocycles. The van der Waals surface area contributed by atoms with Gasteiger partial charge in [-0.05, 0) is 63.0 Å². The minimum Gasteiger partial charge on any atom is -0.444 e. The van der Waals surface area contributed by atoms with Gasteiger partial charge >= 0.3 is 13.2 Å². The summed E-state index contributed by atoms with van der Waals surface area (Å²) in [6.07, 6.45) is 1.62. The lowest BCUT2D eigenvalue weighted by molar-refractivity contribution is -0.128. The van der Waals surface area contributed by atoms with E-state index in [4.69, 9.17) is 4.74 Å². The second kappa shape index (κ2) is 8.85. The van der Waals surface area contributed by atoms with E-state index in [9.17, 15) is 29.3 Å². The molecule has 4 atom stereocenters. The lowest BCUT2D eigenvalue weighted by atomic mass is 9.79. The molecule has 3 rings (SSSR count). The maximum Gasteiger partial charge on any atom is 0.488 e. The van der Waals surface area contributed by atoms with Crippen LogP contribution in [0, 0.1) is 23.1 Å². The summed E-state index contributed by atoms with van der Waals surface area (Å²) in [4.78, 5) is 27.2. The molecule has 2 aliphatic rings. The second-order valence-corrected chi connectivity index (χ2v) is 9.18. The second-order valence-electron chi connectivity index (χ2n) is 9.18. The van der Waals surface area contributed by atoms with Crippen LogP contribution in [0.3, 0.4) is 0 Å². The van der Waals surface area contributed by atoms with Crippen molar-refractivity contribution in [2.75, 3.05) is 0 Å². The van der Waals surface area contributed by atoms with Crippen molar-refractivity contribution < 1.29 is 28.8 Å². The van der Waals surface area contributed by atoms with Gasteiger partial charge in [-0.2, -0.15) is 5.26 Å². The van der Waals surface area contributed by atoms with Crippen LogP contribution >= 0.6 is 0 Å². The first-order valence-electron chi connectivity index (χ1n) is 10.4. The molecule has 166 valence electrons. The molecule has 1 heterocycles. The summed E-state index contributed by atoms with van der Waals surface area (Å²) >= 11 is 0. The summed E-state index contributed by atoms with van der Waals surface area (Å²) in [7, 11) is -1.77. The average Bonchev–Trinajstić information content (AvgIpc) is 3.28. The first-order valence-corrected chi connectivity index (χ1v) is 10.4. The molecule has 2 amide bonds. The lowest BCUT2D eigenvalue weighted by Gasteiger charge is -2.35. The highest BCUT2D eigenvalue weighted by molar-refractivity contribution is 6.58. The third kappa shape index (κ3) is 5.17. The summed E-state index contributed by atoms with van der Waals surface area (Å²) in [6.45, 7) is 5.27. The van der Waals surface area contributed by atoms with Gasteiger partial charge in [0, 0.05) is 12.5 Å². The largest absolute Gasteiger partial charge is 0.488 e. The molecule has 8 nitrogen and oxygen atoms in total. The summed E-state index contributed by atoms with van der Waals surface area (Å²) < 4.78 is 19.6. The molecule has 1 saturated carbocycles. The zero-order valence-electron chi connectivity index (χ0n) is 17.8. The Bertz CT molecular complexity index is 898. The molecule has 3 N–H and O–H groups in total. The van der Waals surface area contributed by atoms with Gasteiger partial charge in [0.25, 0.3) is 0 Å². The molecular formula is C21H27BFN3O5. The third-order valence-corrected chi connectivity index (χ3v) is 5.72. The van der Waals surface area contributed by atoms with E-state index in [1.165, 1.54) is 17.0 Å². The van der Waals surface area contributed by atoms with E-state index < -0.39 is 42.6 Å². The number of nitrogens with zero attached hydrogens (tertiary/aromatic N) is 2. The monoisotopic (exact) mass is 431 g/mol. The van der Waals surface area contributed by atoms with Crippen molar-refractivity contribution in [3.63, 3.8) is 0 Å². The van der Waals surface area contributed by atoms with Crippen molar-refractivity contribution in [2.24, 2.45) is 5.92 Å². The number of ether oxygens (including phenoxy) is 1. The van der Waals surface area contributed by atoms with Crippen LogP contribution in [0.1, 0.15) is 45.6 Å². The number of piperidine rings is 1. The summed E-state index contributed by atoms with van der Waals surface area (Å²) in [5.74, 6) is -1.10. The first-order chi connectivity index (χ1) is 14.5. The third-order valence-electron chi connectivity index (χ3n) is 5.72. The minimum atomic E-state index is -1.77. The highest BCUT2D eigenvalue weighted by Crippen LogP contribution is 2.43. The topological polar surface area (TPSA) is 123 Å².